The van der Waals surface area contributed by atoms with Gasteiger partial charge in [-0.25, -0.2) is 4.98 Å². The van der Waals surface area contributed by atoms with Crippen LogP contribution in [0, 0.1) is 11.8 Å². The lowest BCUT2D eigenvalue weighted by Gasteiger charge is -2.45. The van der Waals surface area contributed by atoms with Gasteiger partial charge in [-0.1, -0.05) is 24.3 Å². The van der Waals surface area contributed by atoms with Gasteiger partial charge in [0.05, 0.1) is 32.3 Å². The Labute approximate surface area is 377 Å². The van der Waals surface area contributed by atoms with Crippen molar-refractivity contribution in [2.45, 2.75) is 73.9 Å². The highest BCUT2D eigenvalue weighted by molar-refractivity contribution is 6.01. The number of methoxy groups -OCH3 is 2. The maximum atomic E-state index is 16.1. The number of hydrogen-bond donors (Lipinski definition) is 9. The molecule has 6 aromatic rings. The van der Waals surface area contributed by atoms with E-state index in [9.17, 15) is 30.6 Å². The monoisotopic (exact) mass is 880 g/mol. The molecule has 13 nitrogen and oxygen atoms in total. The number of aryl methyl sites for hydroxylation is 1. The van der Waals surface area contributed by atoms with Crippen molar-refractivity contribution in [1.29, 1.82) is 0 Å². The van der Waals surface area contributed by atoms with Crippen molar-refractivity contribution in [2.24, 2.45) is 11.8 Å². The highest BCUT2D eigenvalue weighted by atomic mass is 16.5. The Morgan fingerprint density at radius 2 is 1.78 bits per heavy atom. The largest absolute Gasteiger partial charge is 0.508 e. The predicted octanol–water partition coefficient (Wildman–Crippen LogP) is 7.64. The molecule has 1 fully saturated rings. The second-order valence-corrected chi connectivity index (χ2v) is 18.1. The topological polar surface area (TPSA) is 210 Å². The van der Waals surface area contributed by atoms with E-state index in [0.29, 0.717) is 55.8 Å². The first-order chi connectivity index (χ1) is 31.4. The number of likely N-dealkylation sites (N-methyl/N-ethyl adjacent to an activating group) is 1. The smallest absolute Gasteiger partial charge is 0.200 e. The predicted molar refractivity (Wildman–Crippen MR) is 248 cm³/mol. The number of H-pyrrole nitrogens is 1. The van der Waals surface area contributed by atoms with E-state index in [0.717, 1.165) is 44.4 Å². The number of aromatic hydroxyl groups is 4. The molecule has 0 saturated heterocycles. The number of ketones is 1. The molecular weight excluding hydrogens is 825 g/mol. The van der Waals surface area contributed by atoms with E-state index in [1.54, 1.807) is 42.6 Å². The standard InChI is InChI=1S/C52H56N4O9/c1-53-28-51-15-12-31-21-36(57)20-30-8-9-38(48(51)47(30)31)56-46-25-34(14-18-55-46)52(16-13-39(58)37(52)26-35-5-4-17-54-35)49(41(60)11-7-29-6-10-40(59)44(19-29)64-2)42(61)23-33(27-51)32-22-43(62)50(63)45(24-32)65-3/h4-6,8-10,12,14-15,17-22,24-25,33,37,39,41,49,53-54,57-60,62-63H,7,11,13,16,23,26-28H2,1-3H3,(H,55,56)/t33-,37+,39+,41+,49-,51-,52-/m0/s1. The summed E-state index contributed by atoms with van der Waals surface area (Å²) in [6, 6.07) is 23.4. The van der Waals surface area contributed by atoms with Gasteiger partial charge in [0.2, 0.25) is 5.75 Å². The molecule has 4 aromatic carbocycles. The molecule has 1 saturated carbocycles. The lowest BCUT2D eigenvalue weighted by Crippen LogP contribution is -2.51. The number of phenolic OH excluding ortho intramolecular Hbond substituents is 4. The van der Waals surface area contributed by atoms with E-state index in [1.807, 2.05) is 55.7 Å². The van der Waals surface area contributed by atoms with Crippen molar-refractivity contribution >= 4 is 34.1 Å². The Kier molecular flexibility index (Phi) is 11.7. The molecule has 338 valence electrons. The first kappa shape index (κ1) is 43.7. The summed E-state index contributed by atoms with van der Waals surface area (Å²) in [5, 5.41) is 77.2. The zero-order valence-electron chi connectivity index (χ0n) is 36.7. The minimum Gasteiger partial charge on any atom is -0.508 e. The maximum absolute atomic E-state index is 16.1. The summed E-state index contributed by atoms with van der Waals surface area (Å²) >= 11 is 0. The van der Waals surface area contributed by atoms with Crippen molar-refractivity contribution in [2.75, 3.05) is 33.1 Å². The Morgan fingerprint density at radius 1 is 0.954 bits per heavy atom. The SMILES string of the molecule is CNC[C@@]12C=Cc3cc(O)cc4ccc(c1c34)Nc1cc(ccn1)[C@]1(CC[C@@H](O)[C@H]1Cc1ccc[nH]1)[C@@H]([C@H](O)CCc1ccc(O)c(OC)c1)C(=O)C[C@H](c1cc(O)c(O)c(OC)c1)C2. The minimum absolute atomic E-state index is 0.00770. The molecule has 2 bridgehead atoms. The number of carbonyl (C=O) groups is 1. The number of phenols is 4. The fourth-order valence-corrected chi connectivity index (χ4v) is 11.6. The van der Waals surface area contributed by atoms with Gasteiger partial charge in [-0.3, -0.25) is 4.79 Å². The summed E-state index contributed by atoms with van der Waals surface area (Å²) in [5.41, 5.74) is 3.60. The molecule has 1 spiro atoms. The van der Waals surface area contributed by atoms with Crippen LogP contribution in [0.5, 0.6) is 34.5 Å². The number of fused-ring (bicyclic) bond motifs is 3. The molecule has 2 aromatic heterocycles. The van der Waals surface area contributed by atoms with Gasteiger partial charge in [-0.05, 0) is 157 Å². The summed E-state index contributed by atoms with van der Waals surface area (Å²) in [6.07, 6.45) is 7.58. The van der Waals surface area contributed by atoms with Crippen LogP contribution in [0.2, 0.25) is 0 Å². The Hall–Kier alpha value is -6.54. The quantitative estimate of drug-likeness (QED) is 0.0576. The Morgan fingerprint density at radius 3 is 2.55 bits per heavy atom. The summed E-state index contributed by atoms with van der Waals surface area (Å²) in [6.45, 7) is 0.424. The molecule has 9 rings (SSSR count). The second kappa shape index (κ2) is 17.4. The molecule has 0 radical (unpaired) electrons. The number of aromatic nitrogens is 2. The third-order valence-electron chi connectivity index (χ3n) is 14.4. The number of benzene rings is 4. The van der Waals surface area contributed by atoms with Crippen LogP contribution in [0.4, 0.5) is 11.5 Å². The van der Waals surface area contributed by atoms with Gasteiger partial charge >= 0.3 is 0 Å². The number of Topliss-reactive ketones (excluding diaryl/α,β-unsaturated/α-hetero) is 1. The fraction of sp³-hybridized carbons (Fsp3) is 0.346. The summed E-state index contributed by atoms with van der Waals surface area (Å²) < 4.78 is 11.0. The van der Waals surface area contributed by atoms with E-state index in [1.165, 1.54) is 20.3 Å². The summed E-state index contributed by atoms with van der Waals surface area (Å²) in [4.78, 5) is 24.3. The lowest BCUT2D eigenvalue weighted by atomic mass is 9.58. The zero-order chi connectivity index (χ0) is 45.6. The summed E-state index contributed by atoms with van der Waals surface area (Å²) in [5.74, 6) is -2.25. The number of anilines is 2. The minimum atomic E-state index is -1.21. The van der Waals surface area contributed by atoms with Crippen LogP contribution in [-0.4, -0.2) is 86.4 Å². The highest BCUT2D eigenvalue weighted by Gasteiger charge is 2.58. The van der Waals surface area contributed by atoms with Gasteiger partial charge in [-0.2, -0.15) is 0 Å². The van der Waals surface area contributed by atoms with Gasteiger partial charge in [0.25, 0.3) is 0 Å². The van der Waals surface area contributed by atoms with Crippen molar-refractivity contribution in [1.82, 2.24) is 15.3 Å². The van der Waals surface area contributed by atoms with Crippen LogP contribution in [0.1, 0.15) is 71.5 Å². The van der Waals surface area contributed by atoms with Gasteiger partial charge in [0.1, 0.15) is 17.4 Å². The number of hydrogen-bond acceptors (Lipinski definition) is 12. The van der Waals surface area contributed by atoms with Crippen LogP contribution in [-0.2, 0) is 28.5 Å². The molecule has 7 atom stereocenters. The maximum Gasteiger partial charge on any atom is 0.200 e. The van der Waals surface area contributed by atoms with Gasteiger partial charge < -0.3 is 55.7 Å². The molecule has 9 N–H and O–H groups in total. The second-order valence-electron chi connectivity index (χ2n) is 18.1. The molecule has 13 heteroatoms. The van der Waals surface area contributed by atoms with Crippen LogP contribution >= 0.6 is 0 Å². The molecule has 3 aliphatic rings. The normalized spacial score (nSPS) is 24.2. The molecule has 2 aliphatic carbocycles. The van der Waals surface area contributed by atoms with Crippen LogP contribution in [0.3, 0.4) is 0 Å². The average Bonchev–Trinajstić information content (AvgIpc) is 3.93. The van der Waals surface area contributed by atoms with Crippen molar-refractivity contribution in [3.63, 3.8) is 0 Å². The van der Waals surface area contributed by atoms with Crippen molar-refractivity contribution in [3.05, 3.63) is 131 Å². The zero-order valence-corrected chi connectivity index (χ0v) is 36.7. The number of carbonyl (C=O) groups excluding carboxylic acids is 1. The lowest BCUT2D eigenvalue weighted by molar-refractivity contribution is -0.132. The number of ether oxygens (including phenoxy) is 2. The Bertz CT molecular complexity index is 2770. The number of pyridine rings is 1. The van der Waals surface area contributed by atoms with E-state index in [-0.39, 0.29) is 35.9 Å². The molecule has 0 amide bonds. The van der Waals surface area contributed by atoms with E-state index in [4.69, 9.17) is 14.5 Å². The van der Waals surface area contributed by atoms with Crippen molar-refractivity contribution < 1.29 is 44.9 Å². The number of aromatic amines is 1. The molecule has 0 unspecified atom stereocenters. The van der Waals surface area contributed by atoms with E-state index >= 15 is 4.79 Å². The van der Waals surface area contributed by atoms with E-state index in [2.05, 4.69) is 21.7 Å². The first-order valence-electron chi connectivity index (χ1n) is 22.2. The van der Waals surface area contributed by atoms with Crippen LogP contribution in [0.15, 0.2) is 97.3 Å². The molecule has 1 aliphatic heterocycles. The first-order valence-corrected chi connectivity index (χ1v) is 22.2. The van der Waals surface area contributed by atoms with Gasteiger partial charge in [-0.15, -0.1) is 0 Å². The number of rotatable bonds is 11. The number of nitrogens with zero attached hydrogens (tertiary/aromatic N) is 1. The van der Waals surface area contributed by atoms with Crippen molar-refractivity contribution in [3.8, 4) is 34.5 Å². The van der Waals surface area contributed by atoms with Crippen LogP contribution in [0.25, 0.3) is 16.8 Å². The number of aliphatic hydroxyl groups is 2. The number of aliphatic hydroxyl groups excluding tert-OH is 2. The van der Waals surface area contributed by atoms with Gasteiger partial charge in [0, 0.05) is 53.5 Å². The average molecular weight is 881 g/mol. The third-order valence-corrected chi connectivity index (χ3v) is 14.4. The summed E-state index contributed by atoms with van der Waals surface area (Å²) in [7, 11) is 4.76. The van der Waals surface area contributed by atoms with E-state index < -0.39 is 52.3 Å². The Balaban J connectivity index is 1.29. The molecule has 3 heterocycles. The highest BCUT2D eigenvalue weighted by Crippen LogP contribution is 2.57. The number of nitrogens with one attached hydrogen (secondary N) is 3. The molecular formula is C52H56N4O9. The van der Waals surface area contributed by atoms with Crippen LogP contribution < -0.4 is 20.1 Å². The fourth-order valence-electron chi connectivity index (χ4n) is 11.6. The molecule has 65 heavy (non-hydrogen) atoms. The van der Waals surface area contributed by atoms with Gasteiger partial charge in [0.15, 0.2) is 23.0 Å². The third kappa shape index (κ3) is 7.81.